The Morgan fingerprint density at radius 3 is 2.53 bits per heavy atom. The lowest BCUT2D eigenvalue weighted by Crippen LogP contribution is -2.63. The molecule has 1 saturated heterocycles. The summed E-state index contributed by atoms with van der Waals surface area (Å²) in [4.78, 5) is 32.9. The first kappa shape index (κ1) is 22.5. The third-order valence-corrected chi connectivity index (χ3v) is 6.04. The molecule has 2 heterocycles. The van der Waals surface area contributed by atoms with E-state index in [1.807, 2.05) is 24.0 Å². The molecule has 3 rings (SSSR count). The molecule has 164 valence electrons. The minimum absolute atomic E-state index is 0.00199. The van der Waals surface area contributed by atoms with Gasteiger partial charge in [-0.2, -0.15) is 0 Å². The van der Waals surface area contributed by atoms with Gasteiger partial charge in [0.1, 0.15) is 6.54 Å². The quantitative estimate of drug-likeness (QED) is 0.787. The van der Waals surface area contributed by atoms with Crippen LogP contribution < -0.4 is 10.9 Å². The number of carbonyl (C=O) groups excluding carboxylic acids is 1. The number of nitrogens with one attached hydrogen (secondary N) is 1. The van der Waals surface area contributed by atoms with Crippen LogP contribution in [0.4, 0.5) is 0 Å². The normalized spacial score (nSPS) is 18.5. The lowest BCUT2D eigenvalue weighted by Gasteiger charge is -2.49. The number of aryl methyl sites for hydroxylation is 1. The summed E-state index contributed by atoms with van der Waals surface area (Å²) < 4.78 is 1.46. The number of carbonyl (C=O) groups is 1. The lowest BCUT2D eigenvalue weighted by atomic mass is 9.79. The minimum Gasteiger partial charge on any atom is -0.338 e. The van der Waals surface area contributed by atoms with Crippen molar-refractivity contribution in [2.45, 2.75) is 90.9 Å². The monoisotopic (exact) mass is 412 g/mol. The van der Waals surface area contributed by atoms with E-state index >= 15 is 0 Å². The molecule has 6 heteroatoms. The third kappa shape index (κ3) is 4.91. The number of rotatable bonds is 6. The number of hydrogen-bond donors (Lipinski definition) is 1. The van der Waals surface area contributed by atoms with Gasteiger partial charge in [-0.15, -0.1) is 0 Å². The third-order valence-electron chi connectivity index (χ3n) is 6.04. The first-order chi connectivity index (χ1) is 14.0. The van der Waals surface area contributed by atoms with Gasteiger partial charge in [0.05, 0.1) is 17.2 Å². The van der Waals surface area contributed by atoms with Crippen molar-refractivity contribution in [1.29, 1.82) is 0 Å². The highest BCUT2D eigenvalue weighted by Gasteiger charge is 2.41. The van der Waals surface area contributed by atoms with E-state index in [9.17, 15) is 9.59 Å². The fraction of sp³-hybridized carbons (Fsp3) is 0.625. The molecule has 0 aliphatic carbocycles. The summed E-state index contributed by atoms with van der Waals surface area (Å²) in [5.74, 6) is -0.00199. The summed E-state index contributed by atoms with van der Waals surface area (Å²) in [5, 5.41) is 4.26. The highest BCUT2D eigenvalue weighted by Crippen LogP contribution is 2.32. The van der Waals surface area contributed by atoms with Crippen LogP contribution in [0.15, 0.2) is 29.3 Å². The molecule has 1 aliphatic heterocycles. The topological polar surface area (TPSA) is 67.2 Å². The lowest BCUT2D eigenvalue weighted by molar-refractivity contribution is -0.136. The molecule has 1 aromatic carbocycles. The average molecular weight is 413 g/mol. The number of benzene rings is 1. The number of unbranched alkanes of at least 4 members (excludes halogenated alkanes) is 1. The van der Waals surface area contributed by atoms with Crippen LogP contribution in [0.3, 0.4) is 0 Å². The van der Waals surface area contributed by atoms with Gasteiger partial charge in [0.25, 0.3) is 5.56 Å². The minimum atomic E-state index is -0.154. The van der Waals surface area contributed by atoms with Gasteiger partial charge in [-0.3, -0.25) is 14.2 Å². The number of fused-ring (bicyclic) bond motifs is 1. The SMILES string of the molecule is CCCCN(C(=O)Cn1cnc2c(C)cccc2c1=O)C1CC(C)(C)NC(C)(C)C1. The molecule has 1 aliphatic rings. The van der Waals surface area contributed by atoms with Crippen LogP contribution in [0.5, 0.6) is 0 Å². The van der Waals surface area contributed by atoms with Gasteiger partial charge in [0.2, 0.25) is 5.91 Å². The Kier molecular flexibility index (Phi) is 6.37. The maximum atomic E-state index is 13.4. The smallest absolute Gasteiger partial charge is 0.261 e. The van der Waals surface area contributed by atoms with E-state index < -0.39 is 0 Å². The van der Waals surface area contributed by atoms with Crippen molar-refractivity contribution in [2.75, 3.05) is 6.54 Å². The van der Waals surface area contributed by atoms with Crippen molar-refractivity contribution < 1.29 is 4.79 Å². The highest BCUT2D eigenvalue weighted by molar-refractivity contribution is 5.81. The van der Waals surface area contributed by atoms with E-state index in [0.29, 0.717) is 10.9 Å². The van der Waals surface area contributed by atoms with Gasteiger partial charge >= 0.3 is 0 Å². The molecule has 0 saturated carbocycles. The van der Waals surface area contributed by atoms with Crippen molar-refractivity contribution in [2.24, 2.45) is 0 Å². The first-order valence-corrected chi connectivity index (χ1v) is 11.1. The second kappa shape index (κ2) is 8.50. The Bertz CT molecular complexity index is 961. The summed E-state index contributed by atoms with van der Waals surface area (Å²) >= 11 is 0. The number of amides is 1. The van der Waals surface area contributed by atoms with Gasteiger partial charge in [0, 0.05) is 23.7 Å². The molecule has 2 aromatic rings. The predicted octanol–water partition coefficient (Wildman–Crippen LogP) is 3.64. The first-order valence-electron chi connectivity index (χ1n) is 11.1. The van der Waals surface area contributed by atoms with Crippen LogP contribution in [0, 0.1) is 6.92 Å². The van der Waals surface area contributed by atoms with Gasteiger partial charge in [0.15, 0.2) is 0 Å². The van der Waals surface area contributed by atoms with Crippen LogP contribution in [-0.2, 0) is 11.3 Å². The zero-order chi connectivity index (χ0) is 22.1. The molecular weight excluding hydrogens is 376 g/mol. The van der Waals surface area contributed by atoms with Crippen LogP contribution in [0.2, 0.25) is 0 Å². The Morgan fingerprint density at radius 2 is 1.90 bits per heavy atom. The molecule has 0 unspecified atom stereocenters. The van der Waals surface area contributed by atoms with Crippen molar-refractivity contribution in [1.82, 2.24) is 19.8 Å². The zero-order valence-corrected chi connectivity index (χ0v) is 19.3. The van der Waals surface area contributed by atoms with Crippen LogP contribution in [0.1, 0.15) is 65.9 Å². The maximum absolute atomic E-state index is 13.4. The summed E-state index contributed by atoms with van der Waals surface area (Å²) in [6, 6.07) is 5.74. The Balaban J connectivity index is 1.88. The van der Waals surface area contributed by atoms with Gasteiger partial charge in [-0.1, -0.05) is 25.5 Å². The summed E-state index contributed by atoms with van der Waals surface area (Å²) in [5.41, 5.74) is 1.42. The van der Waals surface area contributed by atoms with Crippen molar-refractivity contribution >= 4 is 16.8 Å². The van der Waals surface area contributed by atoms with E-state index in [0.717, 1.165) is 37.8 Å². The molecule has 0 radical (unpaired) electrons. The molecule has 0 spiro atoms. The zero-order valence-electron chi connectivity index (χ0n) is 19.3. The number of hydrogen-bond acceptors (Lipinski definition) is 4. The summed E-state index contributed by atoms with van der Waals surface area (Å²) in [6.07, 6.45) is 5.30. The van der Waals surface area contributed by atoms with Crippen molar-refractivity contribution in [3.63, 3.8) is 0 Å². The van der Waals surface area contributed by atoms with Gasteiger partial charge in [-0.25, -0.2) is 4.98 Å². The summed E-state index contributed by atoms with van der Waals surface area (Å²) in [6.45, 7) is 13.6. The average Bonchev–Trinajstić information content (AvgIpc) is 2.62. The number of nitrogens with zero attached hydrogens (tertiary/aromatic N) is 3. The molecule has 1 fully saturated rings. The number of piperidine rings is 1. The van der Waals surface area contributed by atoms with Crippen LogP contribution >= 0.6 is 0 Å². The van der Waals surface area contributed by atoms with E-state index in [1.54, 1.807) is 6.07 Å². The predicted molar refractivity (Wildman–Crippen MR) is 122 cm³/mol. The maximum Gasteiger partial charge on any atom is 0.261 e. The van der Waals surface area contributed by atoms with E-state index in [1.165, 1.54) is 10.9 Å². The van der Waals surface area contributed by atoms with Crippen LogP contribution in [0.25, 0.3) is 10.9 Å². The van der Waals surface area contributed by atoms with Crippen LogP contribution in [-0.4, -0.2) is 44.0 Å². The van der Waals surface area contributed by atoms with Gasteiger partial charge in [-0.05, 0) is 65.5 Å². The van der Waals surface area contributed by atoms with E-state index in [4.69, 9.17) is 0 Å². The fourth-order valence-electron chi connectivity index (χ4n) is 5.01. The standard InChI is InChI=1S/C24H36N4O2/c1-7-8-12-28(18-13-23(3,4)26-24(5,6)14-18)20(29)15-27-16-25-21-17(2)10-9-11-19(21)22(27)30/h9-11,16,18,26H,7-8,12-15H2,1-6H3. The highest BCUT2D eigenvalue weighted by atomic mass is 16.2. The van der Waals surface area contributed by atoms with Crippen molar-refractivity contribution in [3.05, 3.63) is 40.4 Å². The molecule has 1 amide bonds. The largest absolute Gasteiger partial charge is 0.338 e. The number of aromatic nitrogens is 2. The molecule has 6 nitrogen and oxygen atoms in total. The second-order valence-corrected chi connectivity index (χ2v) is 10.0. The van der Waals surface area contributed by atoms with Gasteiger partial charge < -0.3 is 10.2 Å². The molecule has 1 aromatic heterocycles. The molecule has 0 bridgehead atoms. The van der Waals surface area contributed by atoms with E-state index in [2.05, 4.69) is 44.9 Å². The Morgan fingerprint density at radius 1 is 1.23 bits per heavy atom. The molecule has 0 atom stereocenters. The molecule has 1 N–H and O–H groups in total. The Hall–Kier alpha value is -2.21. The fourth-order valence-corrected chi connectivity index (χ4v) is 5.01. The number of para-hydroxylation sites is 1. The summed E-state index contributed by atoms with van der Waals surface area (Å²) in [7, 11) is 0. The van der Waals surface area contributed by atoms with E-state index in [-0.39, 0.29) is 35.1 Å². The van der Waals surface area contributed by atoms with Crippen molar-refractivity contribution in [3.8, 4) is 0 Å². The second-order valence-electron chi connectivity index (χ2n) is 10.0. The molecule has 30 heavy (non-hydrogen) atoms. The molecular formula is C24H36N4O2. The Labute approximate surface area is 179 Å².